The zero-order chi connectivity index (χ0) is 37.2. The van der Waals surface area contributed by atoms with Crippen LogP contribution in [0, 0.1) is 0 Å². The Morgan fingerprint density at radius 3 is 2.09 bits per heavy atom. The number of anilines is 1. The fourth-order valence-electron chi connectivity index (χ4n) is 6.77. The van der Waals surface area contributed by atoms with Crippen LogP contribution in [0.25, 0.3) is 22.2 Å². The number of para-hydroxylation sites is 1. The summed E-state index contributed by atoms with van der Waals surface area (Å²) in [7, 11) is 1.91. The first-order valence-corrected chi connectivity index (χ1v) is 17.8. The monoisotopic (exact) mass is 722 g/mol. The summed E-state index contributed by atoms with van der Waals surface area (Å²) in [6.07, 6.45) is 0.722. The van der Waals surface area contributed by atoms with Gasteiger partial charge in [0.2, 0.25) is 11.8 Å². The maximum absolute atomic E-state index is 15.5. The Labute approximate surface area is 308 Å². The predicted molar refractivity (Wildman–Crippen MR) is 200 cm³/mol. The molecule has 2 aliphatic rings. The first-order valence-electron chi connectivity index (χ1n) is 17.8. The average molecular weight is 723 g/mol. The summed E-state index contributed by atoms with van der Waals surface area (Å²) in [4.78, 5) is 22.3. The van der Waals surface area contributed by atoms with Gasteiger partial charge in [-0.05, 0) is 50.1 Å². The molecule has 10 nitrogen and oxygen atoms in total. The van der Waals surface area contributed by atoms with Gasteiger partial charge in [0.25, 0.3) is 0 Å². The number of carbonyl (C=O) groups is 1. The molecule has 0 N–H and O–H groups in total. The van der Waals surface area contributed by atoms with E-state index < -0.39 is 24.2 Å². The highest BCUT2D eigenvalue weighted by Crippen LogP contribution is 2.39. The zero-order valence-corrected chi connectivity index (χ0v) is 30.5. The number of ether oxygens (including phenoxy) is 3. The number of aromatic nitrogens is 3. The summed E-state index contributed by atoms with van der Waals surface area (Å²) in [5.74, 6) is -2.34. The molecule has 53 heavy (non-hydrogen) atoms. The number of nitrogens with zero attached hydrogens (tertiary/aromatic N) is 6. The number of piperazine rings is 1. The molecule has 0 aliphatic carbocycles. The Morgan fingerprint density at radius 2 is 1.45 bits per heavy atom. The molecule has 0 saturated carbocycles. The molecule has 3 aromatic carbocycles. The van der Waals surface area contributed by atoms with E-state index in [9.17, 15) is 4.79 Å². The van der Waals surface area contributed by atoms with Crippen LogP contribution in [0.5, 0.6) is 11.8 Å². The number of fused-ring (bicyclic) bond motifs is 1. The molecular weight excluding hydrogens is 678 g/mol. The van der Waals surface area contributed by atoms with Crippen molar-refractivity contribution in [1.82, 2.24) is 24.6 Å². The van der Waals surface area contributed by atoms with Crippen molar-refractivity contribution in [2.75, 3.05) is 44.2 Å². The van der Waals surface area contributed by atoms with Crippen LogP contribution >= 0.6 is 0 Å². The average Bonchev–Trinajstić information content (AvgIpc) is 3.49. The highest BCUT2D eigenvalue weighted by atomic mass is 19.3. The van der Waals surface area contributed by atoms with E-state index in [-0.39, 0.29) is 12.2 Å². The minimum Gasteiger partial charge on any atom is -0.473 e. The summed E-state index contributed by atoms with van der Waals surface area (Å²) >= 11 is 0. The lowest BCUT2D eigenvalue weighted by Gasteiger charge is -2.43. The topological polar surface area (TPSA) is 85.2 Å². The molecule has 5 aromatic rings. The normalized spacial score (nSPS) is 16.0. The Morgan fingerprint density at radius 1 is 0.811 bits per heavy atom. The Kier molecular flexibility index (Phi) is 9.96. The molecule has 276 valence electrons. The summed E-state index contributed by atoms with van der Waals surface area (Å²) in [5, 5.41) is 5.89. The van der Waals surface area contributed by atoms with Crippen molar-refractivity contribution in [2.45, 2.75) is 45.5 Å². The standard InChI is InChI=1S/C41H44F2N6O4/c1-40(2,3)53-39(50)49-21-20-34(41(42,43)28-49)48-24-22-47(23-25-48)33-17-11-16-31-36(45-46(4)37(31)33)32-18-19-35(51-26-29-12-7-5-8-13-29)44-38(32)52-27-30-14-9-6-10-15-30/h5-20H,21-28H2,1-4H3. The lowest BCUT2D eigenvalue weighted by atomic mass is 10.1. The number of benzene rings is 3. The largest absolute Gasteiger partial charge is 0.473 e. The van der Waals surface area contributed by atoms with Crippen LogP contribution in [0.15, 0.2) is 103 Å². The maximum atomic E-state index is 15.5. The maximum Gasteiger partial charge on any atom is 0.410 e. The highest BCUT2D eigenvalue weighted by Gasteiger charge is 2.44. The van der Waals surface area contributed by atoms with Crippen molar-refractivity contribution in [1.29, 1.82) is 0 Å². The van der Waals surface area contributed by atoms with E-state index in [1.807, 2.05) is 103 Å². The second-order valence-corrected chi connectivity index (χ2v) is 14.3. The van der Waals surface area contributed by atoms with Gasteiger partial charge in [-0.15, -0.1) is 0 Å². The second-order valence-electron chi connectivity index (χ2n) is 14.3. The molecule has 1 fully saturated rings. The number of hydrogen-bond donors (Lipinski definition) is 0. The molecule has 0 atom stereocenters. The van der Waals surface area contributed by atoms with E-state index in [0.717, 1.165) is 43.9 Å². The lowest BCUT2D eigenvalue weighted by Crippen LogP contribution is -2.54. The van der Waals surface area contributed by atoms with Gasteiger partial charge in [-0.2, -0.15) is 18.9 Å². The van der Waals surface area contributed by atoms with Gasteiger partial charge >= 0.3 is 12.0 Å². The zero-order valence-electron chi connectivity index (χ0n) is 30.5. The lowest BCUT2D eigenvalue weighted by molar-refractivity contribution is -0.0402. The molecule has 12 heteroatoms. The van der Waals surface area contributed by atoms with Gasteiger partial charge in [0, 0.05) is 51.2 Å². The SMILES string of the molecule is Cn1nc(-c2ccc(OCc3ccccc3)nc2OCc2ccccc2)c2cccc(N3CCN(C4=CCN(C(=O)OC(C)(C)C)CC4(F)F)CC3)c21. The Balaban J connectivity index is 1.11. The third-order valence-electron chi connectivity index (χ3n) is 9.26. The van der Waals surface area contributed by atoms with E-state index in [0.29, 0.717) is 51.2 Å². The smallest absolute Gasteiger partial charge is 0.410 e. The second kappa shape index (κ2) is 14.8. The van der Waals surface area contributed by atoms with Gasteiger partial charge in [0.1, 0.15) is 24.5 Å². The van der Waals surface area contributed by atoms with E-state index in [1.54, 1.807) is 25.7 Å². The molecule has 1 amide bonds. The molecular formula is C41H44F2N6O4. The Hall–Kier alpha value is -5.65. The highest BCUT2D eigenvalue weighted by molar-refractivity contribution is 6.01. The molecule has 2 aromatic heterocycles. The van der Waals surface area contributed by atoms with Crippen LogP contribution in [-0.2, 0) is 25.0 Å². The number of halogens is 2. The fourth-order valence-corrected chi connectivity index (χ4v) is 6.77. The van der Waals surface area contributed by atoms with Crippen LogP contribution in [0.4, 0.5) is 19.3 Å². The first-order chi connectivity index (χ1) is 25.4. The quantitative estimate of drug-likeness (QED) is 0.153. The number of rotatable bonds is 9. The minimum absolute atomic E-state index is 0.0373. The summed E-state index contributed by atoms with van der Waals surface area (Å²) in [6, 6.07) is 29.7. The predicted octanol–water partition coefficient (Wildman–Crippen LogP) is 7.69. The third kappa shape index (κ3) is 8.06. The van der Waals surface area contributed by atoms with Crippen molar-refractivity contribution in [3.05, 3.63) is 114 Å². The van der Waals surface area contributed by atoms with Crippen molar-refractivity contribution in [3.63, 3.8) is 0 Å². The molecule has 1 saturated heterocycles. The van der Waals surface area contributed by atoms with Crippen LogP contribution in [0.2, 0.25) is 0 Å². The molecule has 0 spiro atoms. The van der Waals surface area contributed by atoms with Crippen molar-refractivity contribution in [2.24, 2.45) is 7.05 Å². The summed E-state index contributed by atoms with van der Waals surface area (Å²) < 4.78 is 50.5. The number of pyridine rings is 1. The number of carbonyl (C=O) groups excluding carboxylic acids is 1. The van der Waals surface area contributed by atoms with E-state index in [1.165, 1.54) is 6.08 Å². The van der Waals surface area contributed by atoms with Crippen molar-refractivity contribution >= 4 is 22.7 Å². The van der Waals surface area contributed by atoms with E-state index in [4.69, 9.17) is 24.3 Å². The minimum atomic E-state index is -3.19. The van der Waals surface area contributed by atoms with Gasteiger partial charge in [0.15, 0.2) is 0 Å². The number of alkyl halides is 2. The van der Waals surface area contributed by atoms with E-state index >= 15 is 8.78 Å². The number of aryl methyl sites for hydroxylation is 1. The van der Waals surface area contributed by atoms with Gasteiger partial charge in [-0.1, -0.05) is 72.8 Å². The van der Waals surface area contributed by atoms with Crippen LogP contribution < -0.4 is 14.4 Å². The Bertz CT molecular complexity index is 2090. The van der Waals surface area contributed by atoms with Crippen LogP contribution in [0.1, 0.15) is 31.9 Å². The molecule has 0 bridgehead atoms. The first kappa shape index (κ1) is 35.7. The number of hydrogen-bond acceptors (Lipinski definition) is 8. The summed E-state index contributed by atoms with van der Waals surface area (Å²) in [5.41, 5.74) is 4.57. The van der Waals surface area contributed by atoms with Crippen LogP contribution in [0.3, 0.4) is 0 Å². The van der Waals surface area contributed by atoms with Gasteiger partial charge < -0.3 is 24.0 Å². The van der Waals surface area contributed by atoms with Gasteiger partial charge in [-0.25, -0.2) is 4.79 Å². The molecule has 0 radical (unpaired) electrons. The van der Waals surface area contributed by atoms with Crippen molar-refractivity contribution < 1.29 is 27.8 Å². The fraction of sp³-hybridized carbons (Fsp3) is 0.341. The van der Waals surface area contributed by atoms with Gasteiger partial charge in [-0.3, -0.25) is 9.58 Å². The molecule has 0 unspecified atom stereocenters. The third-order valence-corrected chi connectivity index (χ3v) is 9.26. The molecule has 4 heterocycles. The van der Waals surface area contributed by atoms with Crippen LogP contribution in [-0.4, -0.2) is 81.4 Å². The summed E-state index contributed by atoms with van der Waals surface area (Å²) in [6.45, 7) is 7.08. The number of amides is 1. The molecule has 7 rings (SSSR count). The van der Waals surface area contributed by atoms with E-state index in [2.05, 4.69) is 4.90 Å². The molecule has 2 aliphatic heterocycles. The van der Waals surface area contributed by atoms with Crippen molar-refractivity contribution in [3.8, 4) is 23.0 Å². The van der Waals surface area contributed by atoms with Gasteiger partial charge in [0.05, 0.1) is 29.0 Å².